The molecule has 7 nitrogen and oxygen atoms in total. The van der Waals surface area contributed by atoms with E-state index in [2.05, 4.69) is 11.1 Å². The van der Waals surface area contributed by atoms with Gasteiger partial charge in [-0.05, 0) is 29.8 Å². The highest BCUT2D eigenvalue weighted by Gasteiger charge is 2.16. The Morgan fingerprint density at radius 3 is 2.83 bits per heavy atom. The van der Waals surface area contributed by atoms with E-state index >= 15 is 0 Å². The quantitative estimate of drug-likeness (QED) is 0.289. The molecule has 0 aliphatic heterocycles. The second-order valence-corrected chi connectivity index (χ2v) is 7.24. The number of pyridine rings is 1. The van der Waals surface area contributed by atoms with Gasteiger partial charge in [0.15, 0.2) is 5.16 Å². The van der Waals surface area contributed by atoms with E-state index in [0.717, 1.165) is 11.1 Å². The molecule has 0 fully saturated rings. The van der Waals surface area contributed by atoms with Crippen LogP contribution in [0.1, 0.15) is 11.1 Å². The number of hydrogen-bond acceptors (Lipinski definition) is 6. The van der Waals surface area contributed by atoms with Crippen LogP contribution in [0.2, 0.25) is 0 Å². The summed E-state index contributed by atoms with van der Waals surface area (Å²) >= 11 is 1.31. The molecule has 3 aromatic heterocycles. The van der Waals surface area contributed by atoms with Crippen LogP contribution in [0.25, 0.3) is 16.4 Å². The summed E-state index contributed by atoms with van der Waals surface area (Å²) in [7, 11) is 1.28. The summed E-state index contributed by atoms with van der Waals surface area (Å²) in [5.41, 5.74) is 2.50. The van der Waals surface area contributed by atoms with Crippen molar-refractivity contribution in [2.24, 2.45) is 0 Å². The van der Waals surface area contributed by atoms with Crippen LogP contribution in [0.15, 0.2) is 64.8 Å². The van der Waals surface area contributed by atoms with E-state index in [1.54, 1.807) is 18.2 Å². The Balaban J connectivity index is 1.76. The van der Waals surface area contributed by atoms with E-state index in [-0.39, 0.29) is 12.1 Å². The monoisotopic (exact) mass is 404 g/mol. The largest absolute Gasteiger partial charge is 0.468 e. The first-order valence-corrected chi connectivity index (χ1v) is 9.79. The van der Waals surface area contributed by atoms with Gasteiger partial charge in [-0.25, -0.2) is 4.98 Å². The first-order valence-electron chi connectivity index (χ1n) is 8.80. The fraction of sp³-hybridized carbons (Fsp3) is 0.143. The number of thioether (sulfide) groups is 1. The third kappa shape index (κ3) is 3.48. The van der Waals surface area contributed by atoms with E-state index in [0.29, 0.717) is 27.4 Å². The van der Waals surface area contributed by atoms with Crippen molar-refractivity contribution in [1.82, 2.24) is 14.0 Å². The molecule has 8 heteroatoms. The summed E-state index contributed by atoms with van der Waals surface area (Å²) in [6.07, 6.45) is 3.77. The van der Waals surface area contributed by atoms with Crippen LogP contribution >= 0.6 is 11.8 Å². The Bertz CT molecular complexity index is 1330. The van der Waals surface area contributed by atoms with Gasteiger partial charge < -0.3 is 9.14 Å². The van der Waals surface area contributed by atoms with Crippen LogP contribution < -0.4 is 5.56 Å². The molecule has 4 rings (SSSR count). The standard InChI is InChI=1S/C21H16N4O3S/c1-28-19(26)12-25-20(27)15-6-2-3-7-17(15)23-21(25)29-13-14-11-24-9-5-4-8-18(24)16(14)10-22/h2-9,11H,12-13H2,1H3. The minimum atomic E-state index is -0.529. The second kappa shape index (κ2) is 7.81. The number of para-hydroxylation sites is 1. The molecule has 0 unspecified atom stereocenters. The molecule has 29 heavy (non-hydrogen) atoms. The van der Waals surface area contributed by atoms with Crippen molar-refractivity contribution >= 4 is 34.2 Å². The Hall–Kier alpha value is -3.57. The number of rotatable bonds is 5. The summed E-state index contributed by atoms with van der Waals surface area (Å²) in [4.78, 5) is 29.3. The molecule has 3 heterocycles. The van der Waals surface area contributed by atoms with E-state index in [4.69, 9.17) is 4.74 Å². The zero-order valence-electron chi connectivity index (χ0n) is 15.5. The number of benzene rings is 1. The Labute approximate surface area is 170 Å². The van der Waals surface area contributed by atoms with Gasteiger partial charge in [0.1, 0.15) is 12.6 Å². The average Bonchev–Trinajstić information content (AvgIpc) is 3.11. The number of esters is 1. The maximum absolute atomic E-state index is 12.9. The molecule has 0 N–H and O–H groups in total. The lowest BCUT2D eigenvalue weighted by Gasteiger charge is -2.12. The Morgan fingerprint density at radius 2 is 2.03 bits per heavy atom. The van der Waals surface area contributed by atoms with Crippen LogP contribution in [-0.2, 0) is 21.8 Å². The number of ether oxygens (including phenoxy) is 1. The van der Waals surface area contributed by atoms with Crippen molar-refractivity contribution < 1.29 is 9.53 Å². The van der Waals surface area contributed by atoms with Gasteiger partial charge in [0, 0.05) is 18.1 Å². The van der Waals surface area contributed by atoms with Crippen molar-refractivity contribution in [2.75, 3.05) is 7.11 Å². The number of aromatic nitrogens is 3. The molecular weight excluding hydrogens is 388 g/mol. The molecule has 0 atom stereocenters. The van der Waals surface area contributed by atoms with Crippen molar-refractivity contribution in [3.8, 4) is 6.07 Å². The number of nitriles is 1. The third-order valence-electron chi connectivity index (χ3n) is 4.57. The minimum Gasteiger partial charge on any atom is -0.468 e. The molecule has 0 saturated heterocycles. The lowest BCUT2D eigenvalue weighted by atomic mass is 10.2. The first kappa shape index (κ1) is 18.8. The lowest BCUT2D eigenvalue weighted by Crippen LogP contribution is -2.27. The van der Waals surface area contributed by atoms with E-state index in [1.165, 1.54) is 23.4 Å². The molecule has 0 aliphatic rings. The Kier molecular flexibility index (Phi) is 5.06. The first-order chi connectivity index (χ1) is 14.1. The molecule has 0 spiro atoms. The molecule has 1 aromatic carbocycles. The molecule has 0 saturated carbocycles. The van der Waals surface area contributed by atoms with Gasteiger partial charge in [0.2, 0.25) is 0 Å². The molecule has 0 bridgehead atoms. The van der Waals surface area contributed by atoms with Gasteiger partial charge >= 0.3 is 5.97 Å². The van der Waals surface area contributed by atoms with Gasteiger partial charge in [0.25, 0.3) is 5.56 Å². The van der Waals surface area contributed by atoms with E-state index in [9.17, 15) is 14.9 Å². The molecule has 0 radical (unpaired) electrons. The lowest BCUT2D eigenvalue weighted by molar-refractivity contribution is -0.141. The van der Waals surface area contributed by atoms with Gasteiger partial charge in [-0.15, -0.1) is 0 Å². The van der Waals surface area contributed by atoms with Crippen molar-refractivity contribution in [1.29, 1.82) is 5.26 Å². The summed E-state index contributed by atoms with van der Waals surface area (Å²) < 4.78 is 7.95. The van der Waals surface area contributed by atoms with Crippen LogP contribution in [-0.4, -0.2) is 27.0 Å². The topological polar surface area (TPSA) is 89.4 Å². The zero-order valence-corrected chi connectivity index (χ0v) is 16.3. The van der Waals surface area contributed by atoms with Crippen molar-refractivity contribution in [3.05, 3.63) is 76.3 Å². The number of nitrogens with zero attached hydrogens (tertiary/aromatic N) is 4. The number of hydrogen-bond donors (Lipinski definition) is 0. The van der Waals surface area contributed by atoms with Crippen LogP contribution in [0.5, 0.6) is 0 Å². The second-order valence-electron chi connectivity index (χ2n) is 6.30. The highest BCUT2D eigenvalue weighted by molar-refractivity contribution is 7.98. The molecule has 0 aliphatic carbocycles. The number of carbonyl (C=O) groups is 1. The highest BCUT2D eigenvalue weighted by atomic mass is 32.2. The average molecular weight is 404 g/mol. The normalized spacial score (nSPS) is 10.9. The predicted molar refractivity (Wildman–Crippen MR) is 110 cm³/mol. The zero-order chi connectivity index (χ0) is 20.4. The van der Waals surface area contributed by atoms with Gasteiger partial charge in [0.05, 0.1) is 29.1 Å². The summed E-state index contributed by atoms with van der Waals surface area (Å²) in [5, 5.41) is 10.4. The fourth-order valence-corrected chi connectivity index (χ4v) is 4.12. The van der Waals surface area contributed by atoms with Crippen LogP contribution in [0.4, 0.5) is 0 Å². The summed E-state index contributed by atoms with van der Waals surface area (Å²) in [6.45, 7) is -0.224. The molecule has 0 amide bonds. The van der Waals surface area contributed by atoms with Crippen molar-refractivity contribution in [3.63, 3.8) is 0 Å². The van der Waals surface area contributed by atoms with Crippen molar-refractivity contribution in [2.45, 2.75) is 17.5 Å². The number of methoxy groups -OCH3 is 1. The van der Waals surface area contributed by atoms with Crippen LogP contribution in [0, 0.1) is 11.3 Å². The third-order valence-corrected chi connectivity index (χ3v) is 5.60. The van der Waals surface area contributed by atoms with E-state index in [1.807, 2.05) is 41.1 Å². The predicted octanol–water partition coefficient (Wildman–Crippen LogP) is 2.99. The SMILES string of the molecule is COC(=O)Cn1c(SCc2cn3ccccc3c2C#N)nc2ccccc2c1=O. The fourth-order valence-electron chi connectivity index (χ4n) is 3.15. The smallest absolute Gasteiger partial charge is 0.325 e. The molecular formula is C21H16N4O3S. The summed E-state index contributed by atoms with van der Waals surface area (Å²) in [5.74, 6) is -0.102. The maximum Gasteiger partial charge on any atom is 0.325 e. The summed E-state index contributed by atoms with van der Waals surface area (Å²) in [6, 6.07) is 14.9. The Morgan fingerprint density at radius 1 is 1.24 bits per heavy atom. The highest BCUT2D eigenvalue weighted by Crippen LogP contribution is 2.26. The minimum absolute atomic E-state index is 0.224. The van der Waals surface area contributed by atoms with Gasteiger partial charge in [-0.2, -0.15) is 5.26 Å². The number of carbonyl (C=O) groups excluding carboxylic acids is 1. The number of fused-ring (bicyclic) bond motifs is 2. The molecule has 144 valence electrons. The van der Waals surface area contributed by atoms with E-state index < -0.39 is 5.97 Å². The maximum atomic E-state index is 12.9. The van der Waals surface area contributed by atoms with Gasteiger partial charge in [-0.3, -0.25) is 14.2 Å². The van der Waals surface area contributed by atoms with Gasteiger partial charge in [-0.1, -0.05) is 30.0 Å². The van der Waals surface area contributed by atoms with Crippen LogP contribution in [0.3, 0.4) is 0 Å². The molecule has 4 aromatic rings.